The zero-order valence-corrected chi connectivity index (χ0v) is 23.0. The van der Waals surface area contributed by atoms with E-state index in [2.05, 4.69) is 0 Å². The van der Waals surface area contributed by atoms with Gasteiger partial charge in [0.05, 0.1) is 53.6 Å². The van der Waals surface area contributed by atoms with Crippen molar-refractivity contribution in [3.8, 4) is 5.75 Å². The van der Waals surface area contributed by atoms with Crippen LogP contribution in [0.1, 0.15) is 49.8 Å². The highest BCUT2D eigenvalue weighted by Crippen LogP contribution is 2.63. The molecule has 0 aromatic heterocycles. The van der Waals surface area contributed by atoms with Crippen LogP contribution >= 0.6 is 11.6 Å². The molecule has 0 heterocycles. The largest absolute Gasteiger partial charge is 0.488 e. The lowest BCUT2D eigenvalue weighted by Crippen LogP contribution is -2.72. The molecule has 3 fully saturated rings. The molecular formula is C29H35ClF2O8. The van der Waals surface area contributed by atoms with E-state index in [-0.39, 0.29) is 54.1 Å². The first kappa shape index (κ1) is 29.6. The molecule has 2 unspecified atom stereocenters. The molecule has 3 saturated carbocycles. The van der Waals surface area contributed by atoms with Crippen LogP contribution < -0.4 is 4.74 Å². The molecule has 2 aromatic rings. The number of benzene rings is 2. The van der Waals surface area contributed by atoms with Crippen molar-refractivity contribution in [3.63, 3.8) is 0 Å². The second-order valence-corrected chi connectivity index (χ2v) is 12.2. The highest BCUT2D eigenvalue weighted by atomic mass is 35.5. The molecule has 40 heavy (non-hydrogen) atoms. The Morgan fingerprint density at radius 2 is 1.65 bits per heavy atom. The molecule has 11 heteroatoms. The van der Waals surface area contributed by atoms with Crippen molar-refractivity contribution in [2.75, 3.05) is 13.2 Å². The maximum Gasteiger partial charge on any atom is 0.200 e. The van der Waals surface area contributed by atoms with E-state index in [1.54, 1.807) is 0 Å². The van der Waals surface area contributed by atoms with Gasteiger partial charge in [0.15, 0.2) is 11.6 Å². The average molecular weight is 585 g/mol. The minimum Gasteiger partial charge on any atom is -0.488 e. The summed E-state index contributed by atoms with van der Waals surface area (Å²) in [5.74, 6) is -2.54. The molecule has 3 aliphatic rings. The fraction of sp³-hybridized carbons (Fsp3) is 0.586. The minimum absolute atomic E-state index is 0.0337. The monoisotopic (exact) mass is 584 g/mol. The van der Waals surface area contributed by atoms with Crippen LogP contribution in [-0.2, 0) is 16.6 Å². The van der Waals surface area contributed by atoms with Crippen molar-refractivity contribution in [2.45, 2.75) is 87.2 Å². The van der Waals surface area contributed by atoms with E-state index in [0.717, 1.165) is 12.8 Å². The van der Waals surface area contributed by atoms with Crippen LogP contribution in [0.25, 0.3) is 0 Å². The number of ether oxygens (including phenoxy) is 2. The van der Waals surface area contributed by atoms with Gasteiger partial charge in [-0.1, -0.05) is 29.8 Å². The van der Waals surface area contributed by atoms with E-state index in [1.807, 2.05) is 0 Å². The van der Waals surface area contributed by atoms with Crippen molar-refractivity contribution >= 4 is 11.6 Å². The Hall–Kier alpha value is -1.89. The van der Waals surface area contributed by atoms with Gasteiger partial charge in [0.2, 0.25) is 5.82 Å². The molecule has 2 aromatic carbocycles. The van der Waals surface area contributed by atoms with E-state index in [9.17, 15) is 35.0 Å². The molecule has 7 atom stereocenters. The third-order valence-electron chi connectivity index (χ3n) is 9.10. The molecule has 2 bridgehead atoms. The third kappa shape index (κ3) is 4.44. The normalized spacial score (nSPS) is 33.8. The predicted molar refractivity (Wildman–Crippen MR) is 140 cm³/mol. The smallest absolute Gasteiger partial charge is 0.200 e. The van der Waals surface area contributed by atoms with Crippen LogP contribution in [0, 0.1) is 17.0 Å². The van der Waals surface area contributed by atoms with Crippen molar-refractivity contribution in [3.05, 3.63) is 63.7 Å². The van der Waals surface area contributed by atoms with Crippen molar-refractivity contribution < 1.29 is 48.9 Å². The van der Waals surface area contributed by atoms with E-state index >= 15 is 4.39 Å². The number of hydrogen-bond donors (Lipinski definition) is 6. The zero-order chi connectivity index (χ0) is 29.2. The van der Waals surface area contributed by atoms with E-state index < -0.39 is 58.6 Å². The van der Waals surface area contributed by atoms with Gasteiger partial charge in [-0.05, 0) is 61.9 Å². The van der Waals surface area contributed by atoms with E-state index in [0.29, 0.717) is 5.56 Å². The summed E-state index contributed by atoms with van der Waals surface area (Å²) in [7, 11) is 0. The highest BCUT2D eigenvalue weighted by molar-refractivity contribution is 6.31. The summed E-state index contributed by atoms with van der Waals surface area (Å²) in [6, 6.07) is 7.00. The number of hydrogen-bond acceptors (Lipinski definition) is 8. The first-order chi connectivity index (χ1) is 18.8. The second-order valence-electron chi connectivity index (χ2n) is 11.8. The molecule has 0 spiro atoms. The molecule has 0 aliphatic heterocycles. The van der Waals surface area contributed by atoms with Gasteiger partial charge in [-0.2, -0.15) is 4.39 Å². The Balaban J connectivity index is 1.46. The lowest BCUT2D eigenvalue weighted by molar-refractivity contribution is -0.254. The lowest BCUT2D eigenvalue weighted by Gasteiger charge is -2.56. The Morgan fingerprint density at radius 3 is 2.30 bits per heavy atom. The van der Waals surface area contributed by atoms with Crippen LogP contribution in [0.5, 0.6) is 5.75 Å². The van der Waals surface area contributed by atoms with Crippen molar-refractivity contribution in [1.82, 2.24) is 0 Å². The fourth-order valence-corrected chi connectivity index (χ4v) is 6.87. The Kier molecular flexibility index (Phi) is 7.72. The summed E-state index contributed by atoms with van der Waals surface area (Å²) < 4.78 is 40.6. The molecular weight excluding hydrogens is 550 g/mol. The van der Waals surface area contributed by atoms with Gasteiger partial charge in [-0.15, -0.1) is 0 Å². The number of rotatable bonds is 9. The maximum absolute atomic E-state index is 15.1. The first-order valence-electron chi connectivity index (χ1n) is 13.4. The summed E-state index contributed by atoms with van der Waals surface area (Å²) in [5, 5.41) is 66.9. The number of halogens is 3. The molecule has 0 radical (unpaired) electrons. The molecule has 220 valence electrons. The first-order valence-corrected chi connectivity index (χ1v) is 13.8. The van der Waals surface area contributed by atoms with Gasteiger partial charge in [-0.3, -0.25) is 0 Å². The number of aliphatic hydroxyl groups excluding tert-OH is 5. The van der Waals surface area contributed by atoms with Crippen LogP contribution in [0.4, 0.5) is 8.78 Å². The standard InChI is InChI=1S/C29H35ClF2O8/c1-27(2,38)28-13-20(33)29(26(28)37,25(36)23(34)24(28)35)16-4-7-18(30)15(12-16)11-14-3-8-19(22(32)21(14)31)40-10-9-39-17-5-6-17/h3-4,7-8,12,17,20,23-26,33-38H,5-6,9-11,13H2,1-2H3/t20?,23-,24-,25+,26?,28-,29-/m1/s1. The topological polar surface area (TPSA) is 140 Å². The zero-order valence-electron chi connectivity index (χ0n) is 22.2. The molecule has 3 aliphatic carbocycles. The van der Waals surface area contributed by atoms with Crippen LogP contribution in [0.15, 0.2) is 30.3 Å². The van der Waals surface area contributed by atoms with Crippen LogP contribution in [-0.4, -0.2) is 86.1 Å². The van der Waals surface area contributed by atoms with Gasteiger partial charge < -0.3 is 40.1 Å². The molecule has 6 N–H and O–H groups in total. The van der Waals surface area contributed by atoms with Gasteiger partial charge >= 0.3 is 0 Å². The molecule has 0 saturated heterocycles. The quantitative estimate of drug-likeness (QED) is 0.246. The van der Waals surface area contributed by atoms with Crippen LogP contribution in [0.3, 0.4) is 0 Å². The Morgan fingerprint density at radius 1 is 0.950 bits per heavy atom. The van der Waals surface area contributed by atoms with Gasteiger partial charge in [0.1, 0.15) is 12.7 Å². The Bertz CT molecular complexity index is 1270. The predicted octanol–water partition coefficient (Wildman–Crippen LogP) is 1.98. The number of fused-ring (bicyclic) bond motifs is 2. The highest BCUT2D eigenvalue weighted by Gasteiger charge is 2.77. The Labute approximate surface area is 235 Å². The fourth-order valence-electron chi connectivity index (χ4n) is 6.68. The summed E-state index contributed by atoms with van der Waals surface area (Å²) >= 11 is 6.41. The number of aliphatic hydroxyl groups is 6. The van der Waals surface area contributed by atoms with Gasteiger partial charge in [0, 0.05) is 11.4 Å². The third-order valence-corrected chi connectivity index (χ3v) is 9.47. The summed E-state index contributed by atoms with van der Waals surface area (Å²) in [5.41, 5.74) is -5.03. The van der Waals surface area contributed by atoms with Crippen molar-refractivity contribution in [2.24, 2.45) is 5.41 Å². The lowest BCUT2D eigenvalue weighted by atomic mass is 9.55. The van der Waals surface area contributed by atoms with E-state index in [1.165, 1.54) is 44.2 Å². The van der Waals surface area contributed by atoms with Gasteiger partial charge in [-0.25, -0.2) is 4.39 Å². The molecule has 8 nitrogen and oxygen atoms in total. The minimum atomic E-state index is -1.91. The van der Waals surface area contributed by atoms with E-state index in [4.69, 9.17) is 21.1 Å². The maximum atomic E-state index is 15.1. The summed E-state index contributed by atoms with van der Waals surface area (Å²) in [6.07, 6.45) is -6.86. The van der Waals surface area contributed by atoms with Crippen LogP contribution in [0.2, 0.25) is 5.02 Å². The molecule has 5 rings (SSSR count). The van der Waals surface area contributed by atoms with Gasteiger partial charge in [0.25, 0.3) is 0 Å². The average Bonchev–Trinajstić information content (AvgIpc) is 3.69. The second kappa shape index (κ2) is 10.4. The molecule has 0 amide bonds. The SMILES string of the molecule is CC(C)(O)[C@@]12CC(O)[C@@](c3ccc(Cl)c(Cc4ccc(OCCOC5CC5)c(F)c4F)c3)(C1O)[C@@H](O)[C@H](O)[C@H]2O. The van der Waals surface area contributed by atoms with Crippen molar-refractivity contribution in [1.29, 1.82) is 0 Å². The summed E-state index contributed by atoms with van der Waals surface area (Å²) in [4.78, 5) is 0. The summed E-state index contributed by atoms with van der Waals surface area (Å²) in [6.45, 7) is 3.04.